The van der Waals surface area contributed by atoms with E-state index < -0.39 is 5.76 Å². The Hall–Kier alpha value is -3.62. The molecule has 1 fully saturated rings. The monoisotopic (exact) mass is 380 g/mol. The summed E-state index contributed by atoms with van der Waals surface area (Å²) in [4.78, 5) is 30.9. The van der Waals surface area contributed by atoms with Gasteiger partial charge in [0.15, 0.2) is 17.2 Å². The molecule has 1 aromatic carbocycles. The number of aromatic nitrogens is 3. The number of furan rings is 1. The largest absolute Gasteiger partial charge is 0.459 e. The Bertz CT molecular complexity index is 1190. The molecule has 1 unspecified atom stereocenters. The first-order chi connectivity index (χ1) is 13.7. The van der Waals surface area contributed by atoms with Gasteiger partial charge in [-0.25, -0.2) is 4.79 Å². The molecule has 1 amide bonds. The van der Waals surface area contributed by atoms with Crippen LogP contribution in [0.25, 0.3) is 22.8 Å². The zero-order valence-corrected chi connectivity index (χ0v) is 14.8. The standard InChI is InChI=1S/C19H16N4O5/c24-16(11-23-13-4-1-2-5-14(13)27-19(23)25)22-8-7-12(10-22)17-20-18(28-21-17)15-6-3-9-26-15/h1-6,9,12H,7-8,10-11H2. The van der Waals surface area contributed by atoms with Gasteiger partial charge in [-0.05, 0) is 30.7 Å². The summed E-state index contributed by atoms with van der Waals surface area (Å²) in [6, 6.07) is 10.5. The van der Waals surface area contributed by atoms with E-state index in [-0.39, 0.29) is 18.4 Å². The van der Waals surface area contributed by atoms with E-state index in [0.717, 1.165) is 6.42 Å². The highest BCUT2D eigenvalue weighted by molar-refractivity contribution is 5.79. The normalized spacial score (nSPS) is 16.9. The van der Waals surface area contributed by atoms with Crippen molar-refractivity contribution < 1.29 is 18.2 Å². The lowest BCUT2D eigenvalue weighted by Crippen LogP contribution is -2.34. The molecule has 1 atom stereocenters. The van der Waals surface area contributed by atoms with Crippen LogP contribution in [0.2, 0.25) is 0 Å². The molecule has 9 nitrogen and oxygen atoms in total. The zero-order chi connectivity index (χ0) is 19.1. The van der Waals surface area contributed by atoms with Crippen LogP contribution in [0, 0.1) is 0 Å². The number of benzene rings is 1. The first kappa shape index (κ1) is 16.5. The van der Waals surface area contributed by atoms with Gasteiger partial charge in [-0.15, -0.1) is 0 Å². The topological polar surface area (TPSA) is 108 Å². The number of likely N-dealkylation sites (tertiary alicyclic amines) is 1. The number of fused-ring (bicyclic) bond motifs is 1. The van der Waals surface area contributed by atoms with E-state index in [2.05, 4.69) is 10.1 Å². The van der Waals surface area contributed by atoms with Crippen molar-refractivity contribution in [2.75, 3.05) is 13.1 Å². The van der Waals surface area contributed by atoms with Crippen LogP contribution in [0.1, 0.15) is 18.2 Å². The first-order valence-corrected chi connectivity index (χ1v) is 8.92. The van der Waals surface area contributed by atoms with Gasteiger partial charge >= 0.3 is 5.76 Å². The Labute approximate surface area is 158 Å². The minimum atomic E-state index is -0.536. The van der Waals surface area contributed by atoms with Crippen LogP contribution in [0.4, 0.5) is 0 Å². The molecular weight excluding hydrogens is 364 g/mol. The molecule has 0 N–H and O–H groups in total. The molecule has 28 heavy (non-hydrogen) atoms. The lowest BCUT2D eigenvalue weighted by Gasteiger charge is -2.15. The summed E-state index contributed by atoms with van der Waals surface area (Å²) < 4.78 is 17.1. The first-order valence-electron chi connectivity index (χ1n) is 8.92. The number of hydrogen-bond donors (Lipinski definition) is 0. The Morgan fingerprint density at radius 2 is 2.11 bits per heavy atom. The number of carbonyl (C=O) groups excluding carboxylic acids is 1. The highest BCUT2D eigenvalue weighted by Crippen LogP contribution is 2.27. The number of oxazole rings is 1. The van der Waals surface area contributed by atoms with Crippen molar-refractivity contribution in [3.8, 4) is 11.7 Å². The summed E-state index contributed by atoms with van der Waals surface area (Å²) in [5.41, 5.74) is 1.08. The lowest BCUT2D eigenvalue weighted by atomic mass is 10.1. The fourth-order valence-corrected chi connectivity index (χ4v) is 3.50. The van der Waals surface area contributed by atoms with Crippen molar-refractivity contribution in [2.45, 2.75) is 18.9 Å². The molecule has 142 valence electrons. The molecular formula is C19H16N4O5. The summed E-state index contributed by atoms with van der Waals surface area (Å²) in [6.07, 6.45) is 2.26. The maximum atomic E-state index is 12.7. The van der Waals surface area contributed by atoms with E-state index in [1.165, 1.54) is 10.8 Å². The smallest absolute Gasteiger partial charge is 0.420 e. The van der Waals surface area contributed by atoms with Gasteiger partial charge in [-0.2, -0.15) is 4.98 Å². The quantitative estimate of drug-likeness (QED) is 0.534. The highest BCUT2D eigenvalue weighted by Gasteiger charge is 2.31. The van der Waals surface area contributed by atoms with Gasteiger partial charge in [-0.1, -0.05) is 17.3 Å². The summed E-state index contributed by atoms with van der Waals surface area (Å²) >= 11 is 0. The van der Waals surface area contributed by atoms with Crippen LogP contribution < -0.4 is 5.76 Å². The van der Waals surface area contributed by atoms with Crippen LogP contribution in [0.15, 0.2) is 60.8 Å². The molecule has 3 aromatic heterocycles. The fourth-order valence-electron chi connectivity index (χ4n) is 3.50. The number of para-hydroxylation sites is 2. The third kappa shape index (κ3) is 2.81. The third-order valence-electron chi connectivity index (χ3n) is 4.95. The molecule has 0 aliphatic carbocycles. The molecule has 0 radical (unpaired) electrons. The molecule has 4 heterocycles. The number of carbonyl (C=O) groups is 1. The summed E-state index contributed by atoms with van der Waals surface area (Å²) in [6.45, 7) is 0.978. The second-order valence-corrected chi connectivity index (χ2v) is 6.68. The van der Waals surface area contributed by atoms with E-state index in [4.69, 9.17) is 13.4 Å². The molecule has 0 saturated carbocycles. The average molecular weight is 380 g/mol. The molecule has 1 aliphatic heterocycles. The third-order valence-corrected chi connectivity index (χ3v) is 4.95. The molecule has 4 aromatic rings. The van der Waals surface area contributed by atoms with E-state index in [1.54, 1.807) is 41.3 Å². The van der Waals surface area contributed by atoms with Gasteiger partial charge in [0.1, 0.15) is 6.54 Å². The van der Waals surface area contributed by atoms with E-state index in [9.17, 15) is 9.59 Å². The van der Waals surface area contributed by atoms with Crippen LogP contribution in [-0.2, 0) is 11.3 Å². The minimum absolute atomic E-state index is 0.0192. The van der Waals surface area contributed by atoms with Crippen molar-refractivity contribution in [1.82, 2.24) is 19.6 Å². The Kier molecular flexibility index (Phi) is 3.85. The van der Waals surface area contributed by atoms with E-state index >= 15 is 0 Å². The molecule has 0 bridgehead atoms. The summed E-state index contributed by atoms with van der Waals surface area (Å²) in [7, 11) is 0. The molecule has 1 aliphatic rings. The lowest BCUT2D eigenvalue weighted by molar-refractivity contribution is -0.130. The number of rotatable bonds is 4. The molecule has 1 saturated heterocycles. The van der Waals surface area contributed by atoms with Crippen LogP contribution >= 0.6 is 0 Å². The van der Waals surface area contributed by atoms with E-state index in [0.29, 0.717) is 41.7 Å². The minimum Gasteiger partial charge on any atom is -0.459 e. The summed E-state index contributed by atoms with van der Waals surface area (Å²) in [5.74, 6) is 0.677. The van der Waals surface area contributed by atoms with Gasteiger partial charge in [0.05, 0.1) is 11.8 Å². The van der Waals surface area contributed by atoms with E-state index in [1.807, 2.05) is 0 Å². The van der Waals surface area contributed by atoms with Crippen molar-refractivity contribution in [1.29, 1.82) is 0 Å². The van der Waals surface area contributed by atoms with Crippen LogP contribution in [0.5, 0.6) is 0 Å². The van der Waals surface area contributed by atoms with Gasteiger partial charge in [-0.3, -0.25) is 9.36 Å². The van der Waals surface area contributed by atoms with Gasteiger partial charge in [0, 0.05) is 19.0 Å². The van der Waals surface area contributed by atoms with Gasteiger partial charge in [0.25, 0.3) is 5.89 Å². The van der Waals surface area contributed by atoms with Crippen molar-refractivity contribution in [3.05, 3.63) is 59.0 Å². The zero-order valence-electron chi connectivity index (χ0n) is 14.8. The Balaban J connectivity index is 1.30. The summed E-state index contributed by atoms with van der Waals surface area (Å²) in [5, 5.41) is 4.02. The number of nitrogens with zero attached hydrogens (tertiary/aromatic N) is 4. The number of hydrogen-bond acceptors (Lipinski definition) is 7. The Morgan fingerprint density at radius 3 is 2.96 bits per heavy atom. The second kappa shape index (κ2) is 6.52. The Morgan fingerprint density at radius 1 is 1.21 bits per heavy atom. The fraction of sp³-hybridized carbons (Fsp3) is 0.263. The molecule has 9 heteroatoms. The predicted octanol–water partition coefficient (Wildman–Crippen LogP) is 2.25. The van der Waals surface area contributed by atoms with Crippen LogP contribution in [-0.4, -0.2) is 38.6 Å². The number of amides is 1. The maximum absolute atomic E-state index is 12.7. The maximum Gasteiger partial charge on any atom is 0.420 e. The predicted molar refractivity (Wildman–Crippen MR) is 96.4 cm³/mol. The molecule has 5 rings (SSSR count). The van der Waals surface area contributed by atoms with Crippen molar-refractivity contribution in [3.63, 3.8) is 0 Å². The second-order valence-electron chi connectivity index (χ2n) is 6.68. The van der Waals surface area contributed by atoms with Gasteiger partial charge < -0.3 is 18.3 Å². The SMILES string of the molecule is O=C(Cn1c(=O)oc2ccccc21)N1CCC(c2noc(-c3ccco3)n2)C1. The van der Waals surface area contributed by atoms with Crippen molar-refractivity contribution in [2.24, 2.45) is 0 Å². The van der Waals surface area contributed by atoms with Crippen LogP contribution in [0.3, 0.4) is 0 Å². The molecule has 0 spiro atoms. The average Bonchev–Trinajstić information content (AvgIpc) is 3.48. The highest BCUT2D eigenvalue weighted by atomic mass is 16.5. The van der Waals surface area contributed by atoms with Crippen molar-refractivity contribution >= 4 is 17.0 Å². The van der Waals surface area contributed by atoms with Gasteiger partial charge in [0.2, 0.25) is 5.91 Å².